The van der Waals surface area contributed by atoms with E-state index in [2.05, 4.69) is 14.1 Å². The van der Waals surface area contributed by atoms with Crippen LogP contribution in [-0.2, 0) is 0 Å². The molecule has 84 valence electrons. The van der Waals surface area contributed by atoms with Gasteiger partial charge in [-0.15, -0.1) is 0 Å². The second kappa shape index (κ2) is 4.67. The zero-order chi connectivity index (χ0) is 11.5. The van der Waals surface area contributed by atoms with E-state index in [-0.39, 0.29) is 0 Å². The van der Waals surface area contributed by atoms with Crippen molar-refractivity contribution in [3.05, 3.63) is 29.4 Å². The molecule has 2 rings (SSSR count). The van der Waals surface area contributed by atoms with Crippen LogP contribution in [0.15, 0.2) is 24.3 Å². The molecule has 0 saturated heterocycles. The molecule has 0 aliphatic heterocycles. The molecular weight excluding hydrogens is 244 g/mol. The summed E-state index contributed by atoms with van der Waals surface area (Å²) in [6.45, 7) is 0. The molecule has 0 fully saturated rings. The lowest BCUT2D eigenvalue weighted by atomic mass is 10.2. The van der Waals surface area contributed by atoms with Crippen LogP contribution < -0.4 is 10.2 Å². The largest absolute Gasteiger partial charge is 0.376 e. The maximum atomic E-state index is 5.88. The van der Waals surface area contributed by atoms with Gasteiger partial charge in [-0.25, -0.2) is 0 Å². The number of aromatic nitrogens is 2. The molecule has 1 N–H and O–H groups in total. The van der Waals surface area contributed by atoms with Gasteiger partial charge in [-0.2, -0.15) is 8.75 Å². The number of halogens is 1. The first-order valence-electron chi connectivity index (χ1n) is 4.70. The van der Waals surface area contributed by atoms with Crippen molar-refractivity contribution >= 4 is 40.5 Å². The van der Waals surface area contributed by atoms with Crippen molar-refractivity contribution in [3.8, 4) is 0 Å². The standard InChI is InChI=1S/C10H11ClN4S/c1-15(2)8-6-4-3-5-7(8)12-10-9(11)13-16-14-10/h3-6H,1-2H3,(H,12,14). The van der Waals surface area contributed by atoms with Crippen molar-refractivity contribution < 1.29 is 0 Å². The van der Waals surface area contributed by atoms with Crippen molar-refractivity contribution in [1.82, 2.24) is 8.75 Å². The number of anilines is 3. The summed E-state index contributed by atoms with van der Waals surface area (Å²) >= 11 is 6.97. The van der Waals surface area contributed by atoms with Crippen molar-refractivity contribution in [2.75, 3.05) is 24.3 Å². The first kappa shape index (κ1) is 11.2. The predicted molar refractivity (Wildman–Crippen MR) is 69.0 cm³/mol. The Morgan fingerprint density at radius 3 is 2.62 bits per heavy atom. The van der Waals surface area contributed by atoms with Crippen molar-refractivity contribution in [3.63, 3.8) is 0 Å². The van der Waals surface area contributed by atoms with Gasteiger partial charge < -0.3 is 10.2 Å². The second-order valence-electron chi connectivity index (χ2n) is 3.44. The molecule has 0 atom stereocenters. The molecule has 0 bridgehead atoms. The van der Waals surface area contributed by atoms with Gasteiger partial charge in [-0.1, -0.05) is 23.7 Å². The third-order valence-corrected chi connectivity index (χ3v) is 2.98. The van der Waals surface area contributed by atoms with Crippen LogP contribution in [-0.4, -0.2) is 22.8 Å². The lowest BCUT2D eigenvalue weighted by Gasteiger charge is -2.17. The van der Waals surface area contributed by atoms with Gasteiger partial charge in [0.15, 0.2) is 11.0 Å². The van der Waals surface area contributed by atoms with Crippen LogP contribution in [0, 0.1) is 0 Å². The number of nitrogens with one attached hydrogen (secondary N) is 1. The summed E-state index contributed by atoms with van der Waals surface area (Å²) in [6.07, 6.45) is 0. The van der Waals surface area contributed by atoms with Gasteiger partial charge in [0.05, 0.1) is 23.1 Å². The van der Waals surface area contributed by atoms with E-state index in [0.29, 0.717) is 11.0 Å². The molecule has 0 amide bonds. The fourth-order valence-electron chi connectivity index (χ4n) is 1.35. The van der Waals surface area contributed by atoms with E-state index in [9.17, 15) is 0 Å². The number of para-hydroxylation sites is 2. The Morgan fingerprint density at radius 2 is 2.00 bits per heavy atom. The van der Waals surface area contributed by atoms with Crippen LogP contribution in [0.5, 0.6) is 0 Å². The van der Waals surface area contributed by atoms with Gasteiger partial charge >= 0.3 is 0 Å². The third kappa shape index (κ3) is 2.25. The van der Waals surface area contributed by atoms with Crippen LogP contribution in [0.4, 0.5) is 17.2 Å². The zero-order valence-electron chi connectivity index (χ0n) is 8.94. The fraction of sp³-hybridized carbons (Fsp3) is 0.200. The maximum absolute atomic E-state index is 5.88. The molecule has 0 saturated carbocycles. The van der Waals surface area contributed by atoms with E-state index >= 15 is 0 Å². The Bertz CT molecular complexity index is 483. The van der Waals surface area contributed by atoms with Gasteiger partial charge in [-0.05, 0) is 12.1 Å². The molecule has 0 spiro atoms. The number of nitrogens with zero attached hydrogens (tertiary/aromatic N) is 3. The Morgan fingerprint density at radius 1 is 1.25 bits per heavy atom. The van der Waals surface area contributed by atoms with Gasteiger partial charge in [0.25, 0.3) is 0 Å². The number of benzene rings is 1. The summed E-state index contributed by atoms with van der Waals surface area (Å²) in [4.78, 5) is 2.02. The minimum atomic E-state index is 0.401. The number of hydrogen-bond donors (Lipinski definition) is 1. The lowest BCUT2D eigenvalue weighted by molar-refractivity contribution is 1.13. The molecule has 6 heteroatoms. The Hall–Kier alpha value is -1.33. The van der Waals surface area contributed by atoms with E-state index in [4.69, 9.17) is 11.6 Å². The Labute approximate surface area is 103 Å². The minimum absolute atomic E-state index is 0.401. The van der Waals surface area contributed by atoms with Crippen molar-refractivity contribution in [2.24, 2.45) is 0 Å². The molecule has 1 heterocycles. The highest BCUT2D eigenvalue weighted by Crippen LogP contribution is 2.29. The molecule has 2 aromatic rings. The number of rotatable bonds is 3. The van der Waals surface area contributed by atoms with E-state index in [0.717, 1.165) is 23.1 Å². The lowest BCUT2D eigenvalue weighted by Crippen LogP contribution is -2.10. The third-order valence-electron chi connectivity index (χ3n) is 2.09. The number of hydrogen-bond acceptors (Lipinski definition) is 5. The zero-order valence-corrected chi connectivity index (χ0v) is 10.5. The van der Waals surface area contributed by atoms with Crippen LogP contribution in [0.1, 0.15) is 0 Å². The molecular formula is C10H11ClN4S. The molecule has 1 aromatic heterocycles. The molecule has 0 aliphatic carbocycles. The quantitative estimate of drug-likeness (QED) is 0.914. The highest BCUT2D eigenvalue weighted by atomic mass is 35.5. The van der Waals surface area contributed by atoms with E-state index in [1.807, 2.05) is 43.3 Å². The minimum Gasteiger partial charge on any atom is -0.376 e. The van der Waals surface area contributed by atoms with Crippen LogP contribution >= 0.6 is 23.3 Å². The van der Waals surface area contributed by atoms with Gasteiger partial charge in [0, 0.05) is 14.1 Å². The first-order chi connectivity index (χ1) is 7.68. The highest BCUT2D eigenvalue weighted by Gasteiger charge is 2.08. The van der Waals surface area contributed by atoms with E-state index in [1.165, 1.54) is 0 Å². The fourth-order valence-corrected chi connectivity index (χ4v) is 1.99. The van der Waals surface area contributed by atoms with E-state index < -0.39 is 0 Å². The average molecular weight is 255 g/mol. The Balaban J connectivity index is 2.31. The summed E-state index contributed by atoms with van der Waals surface area (Å²) in [7, 11) is 3.98. The van der Waals surface area contributed by atoms with Gasteiger partial charge in [-0.3, -0.25) is 0 Å². The van der Waals surface area contributed by atoms with Gasteiger partial charge in [0.2, 0.25) is 0 Å². The summed E-state index contributed by atoms with van der Waals surface area (Å²) in [5.74, 6) is 0.598. The summed E-state index contributed by atoms with van der Waals surface area (Å²) in [6, 6.07) is 7.95. The predicted octanol–water partition coefficient (Wildman–Crippen LogP) is 3.00. The van der Waals surface area contributed by atoms with Crippen molar-refractivity contribution in [1.29, 1.82) is 0 Å². The SMILES string of the molecule is CN(C)c1ccccc1Nc1nsnc1Cl. The molecule has 0 aliphatic rings. The van der Waals surface area contributed by atoms with Crippen molar-refractivity contribution in [2.45, 2.75) is 0 Å². The van der Waals surface area contributed by atoms with Crippen LogP contribution in [0.3, 0.4) is 0 Å². The van der Waals surface area contributed by atoms with E-state index in [1.54, 1.807) is 0 Å². The van der Waals surface area contributed by atoms with Crippen LogP contribution in [0.25, 0.3) is 0 Å². The Kier molecular flexibility index (Phi) is 3.26. The molecule has 0 radical (unpaired) electrons. The molecule has 4 nitrogen and oxygen atoms in total. The topological polar surface area (TPSA) is 41.0 Å². The molecule has 1 aromatic carbocycles. The van der Waals surface area contributed by atoms with Crippen LogP contribution in [0.2, 0.25) is 5.15 Å². The summed E-state index contributed by atoms with van der Waals surface area (Å²) in [5, 5.41) is 3.57. The van der Waals surface area contributed by atoms with Gasteiger partial charge in [0.1, 0.15) is 0 Å². The maximum Gasteiger partial charge on any atom is 0.187 e. The normalized spacial score (nSPS) is 10.2. The monoisotopic (exact) mass is 254 g/mol. The smallest absolute Gasteiger partial charge is 0.187 e. The molecule has 0 unspecified atom stereocenters. The average Bonchev–Trinajstić information content (AvgIpc) is 2.65. The summed E-state index contributed by atoms with van der Waals surface area (Å²) in [5.41, 5.74) is 2.04. The first-order valence-corrected chi connectivity index (χ1v) is 5.80. The second-order valence-corrected chi connectivity index (χ2v) is 4.33. The highest BCUT2D eigenvalue weighted by molar-refractivity contribution is 6.99. The summed E-state index contributed by atoms with van der Waals surface area (Å²) < 4.78 is 7.99. The molecule has 16 heavy (non-hydrogen) atoms.